The second-order valence-corrected chi connectivity index (χ2v) is 3.92. The van der Waals surface area contributed by atoms with Crippen molar-refractivity contribution in [1.82, 2.24) is 0 Å². The molecule has 0 rings (SSSR count). The van der Waals surface area contributed by atoms with Crippen LogP contribution in [0.15, 0.2) is 0 Å². The molecular formula is H5O3P2Rh+. The van der Waals surface area contributed by atoms with Gasteiger partial charge < -0.3 is 0 Å². The van der Waals surface area contributed by atoms with Gasteiger partial charge in [0.05, 0.1) is 0 Å². The van der Waals surface area contributed by atoms with Crippen LogP contribution in [0.5, 0.6) is 0 Å². The summed E-state index contributed by atoms with van der Waals surface area (Å²) in [5, 5.41) is 0. The Balaban J connectivity index is 0. The van der Waals surface area contributed by atoms with E-state index >= 15 is 0 Å². The van der Waals surface area contributed by atoms with E-state index in [-0.39, 0.29) is 19.5 Å². The molecule has 0 saturated carbocycles. The van der Waals surface area contributed by atoms with Crippen molar-refractivity contribution in [1.29, 1.82) is 0 Å². The van der Waals surface area contributed by atoms with Crippen molar-refractivity contribution >= 4 is 16.6 Å². The van der Waals surface area contributed by atoms with Crippen LogP contribution in [0, 0.1) is 0 Å². The minimum atomic E-state index is -3.47. The molecule has 1 unspecified atom stereocenters. The largest absolute Gasteiger partial charge is 0.413 e. The fourth-order valence-corrected chi connectivity index (χ4v) is 0. The Hall–Kier alpha value is 1.36. The molecule has 41 valence electrons. The van der Waals surface area contributed by atoms with Gasteiger partial charge in [0.15, 0.2) is 0 Å². The Morgan fingerprint density at radius 3 is 1.17 bits per heavy atom. The molecule has 1 radical (unpaired) electrons. The normalized spacial score (nSPS) is 10.0. The zero-order valence-corrected chi connectivity index (χ0v) is 6.39. The van der Waals surface area contributed by atoms with Gasteiger partial charge >= 0.3 is 7.63 Å². The molecule has 6 heavy (non-hydrogen) atoms. The molecule has 0 fully saturated rings. The Bertz CT molecular complexity index is 24.3. The molecule has 0 spiro atoms. The minimum Gasteiger partial charge on any atom is -0.192 e. The summed E-state index contributed by atoms with van der Waals surface area (Å²) < 4.78 is 0. The Morgan fingerprint density at radius 1 is 1.17 bits per heavy atom. The van der Waals surface area contributed by atoms with Crippen molar-refractivity contribution in [3.63, 3.8) is 0 Å². The summed E-state index contributed by atoms with van der Waals surface area (Å²) in [6.45, 7) is 0. The van der Waals surface area contributed by atoms with E-state index in [4.69, 9.17) is 14.7 Å². The van der Waals surface area contributed by atoms with E-state index in [2.05, 4.69) is 0 Å². The number of rotatable bonds is 0. The average molecular weight is 218 g/mol. The van der Waals surface area contributed by atoms with E-state index in [1.165, 1.54) is 8.93 Å². The molecule has 0 aromatic rings. The second kappa shape index (κ2) is 3.38. The zero-order chi connectivity index (χ0) is 4.50. The molecule has 3 nitrogen and oxygen atoms in total. The maximum absolute atomic E-state index is 7.71. The summed E-state index contributed by atoms with van der Waals surface area (Å²) in [5.41, 5.74) is 0. The molecule has 0 aliphatic rings. The van der Waals surface area contributed by atoms with Gasteiger partial charge in [0.2, 0.25) is 0 Å². The van der Waals surface area contributed by atoms with Gasteiger partial charge in [0, 0.05) is 19.5 Å². The molecule has 0 heterocycles. The quantitative estimate of drug-likeness (QED) is 0.380. The second-order valence-electron chi connectivity index (χ2n) is 0.615. The first-order chi connectivity index (χ1) is 2.00. The Labute approximate surface area is 51.2 Å². The van der Waals surface area contributed by atoms with Gasteiger partial charge in [-0.05, 0) is 0 Å². The van der Waals surface area contributed by atoms with Crippen LogP contribution in [-0.2, 0) is 19.5 Å². The molecular weight excluding hydrogens is 213 g/mol. The van der Waals surface area contributed by atoms with Crippen LogP contribution >= 0.6 is 16.6 Å². The van der Waals surface area contributed by atoms with Gasteiger partial charge in [-0.25, -0.2) is 0 Å². The Morgan fingerprint density at radius 2 is 1.17 bits per heavy atom. The first-order valence-corrected chi connectivity index (χ1v) is 4.12. The van der Waals surface area contributed by atoms with Crippen LogP contribution in [0.1, 0.15) is 0 Å². The molecule has 0 bridgehead atoms. The number of hydrogen-bond donors (Lipinski definition) is 3. The summed E-state index contributed by atoms with van der Waals surface area (Å²) in [7, 11) is -1.98. The van der Waals surface area contributed by atoms with E-state index in [9.17, 15) is 0 Å². The standard InChI is InChI=1S/H5O3P2.Rh/c1-5(2,3)4;/h1-3H,4H2;/q+1;. The third-order valence-corrected chi connectivity index (χ3v) is 0. The summed E-state index contributed by atoms with van der Waals surface area (Å²) >= 11 is 0. The van der Waals surface area contributed by atoms with Crippen LogP contribution in [0.4, 0.5) is 0 Å². The van der Waals surface area contributed by atoms with Gasteiger partial charge in [-0.3, -0.25) is 0 Å². The summed E-state index contributed by atoms with van der Waals surface area (Å²) in [5.74, 6) is 0. The van der Waals surface area contributed by atoms with E-state index in [1.807, 2.05) is 0 Å². The van der Waals surface area contributed by atoms with Crippen LogP contribution in [0.2, 0.25) is 0 Å². The molecule has 0 saturated heterocycles. The molecule has 0 aromatic heterocycles. The van der Waals surface area contributed by atoms with Crippen molar-refractivity contribution in [3.05, 3.63) is 0 Å². The molecule has 0 aromatic carbocycles. The fourth-order valence-electron chi connectivity index (χ4n) is 0. The van der Waals surface area contributed by atoms with Gasteiger partial charge in [-0.2, -0.15) is 14.7 Å². The van der Waals surface area contributed by atoms with E-state index in [0.29, 0.717) is 0 Å². The van der Waals surface area contributed by atoms with Gasteiger partial charge in [0.1, 0.15) is 8.93 Å². The first kappa shape index (κ1) is 10.4. The minimum absolute atomic E-state index is 0. The summed E-state index contributed by atoms with van der Waals surface area (Å²) in [6.07, 6.45) is 0. The Kier molecular flexibility index (Phi) is 5.83. The molecule has 6 heteroatoms. The monoisotopic (exact) mass is 218 g/mol. The molecule has 3 N–H and O–H groups in total. The predicted molar refractivity (Wildman–Crippen MR) is 23.3 cm³/mol. The van der Waals surface area contributed by atoms with Gasteiger partial charge in [-0.15, -0.1) is 0 Å². The van der Waals surface area contributed by atoms with Crippen LogP contribution in [0.25, 0.3) is 0 Å². The smallest absolute Gasteiger partial charge is 0.192 e. The zero-order valence-electron chi connectivity index (χ0n) is 2.70. The first-order valence-electron chi connectivity index (χ1n) is 0.858. The maximum atomic E-state index is 7.71. The van der Waals surface area contributed by atoms with Crippen LogP contribution < -0.4 is 0 Å². The fraction of sp³-hybridized carbons (Fsp3) is 0. The molecule has 1 atom stereocenters. The van der Waals surface area contributed by atoms with Gasteiger partial charge in [0.25, 0.3) is 0 Å². The molecule has 0 aliphatic carbocycles. The van der Waals surface area contributed by atoms with Crippen LogP contribution in [0.3, 0.4) is 0 Å². The van der Waals surface area contributed by atoms with E-state index in [0.717, 1.165) is 0 Å². The third-order valence-electron chi connectivity index (χ3n) is 0. The molecule has 0 amide bonds. The van der Waals surface area contributed by atoms with Crippen molar-refractivity contribution in [2.24, 2.45) is 0 Å². The van der Waals surface area contributed by atoms with Crippen molar-refractivity contribution in [3.8, 4) is 0 Å². The van der Waals surface area contributed by atoms with E-state index < -0.39 is 7.63 Å². The SMILES string of the molecule is O[P+](O)(O)P.[Rh]. The van der Waals surface area contributed by atoms with E-state index in [1.54, 1.807) is 0 Å². The maximum Gasteiger partial charge on any atom is 0.413 e. The predicted octanol–water partition coefficient (Wildman–Crippen LogP) is -0.486. The van der Waals surface area contributed by atoms with Crippen molar-refractivity contribution in [2.75, 3.05) is 0 Å². The van der Waals surface area contributed by atoms with Crippen molar-refractivity contribution in [2.45, 2.75) is 0 Å². The third kappa shape index (κ3) is 54.9. The summed E-state index contributed by atoms with van der Waals surface area (Å²) in [4.78, 5) is 23.1. The van der Waals surface area contributed by atoms with Gasteiger partial charge in [-0.1, -0.05) is 0 Å². The molecule has 0 aliphatic heterocycles. The topological polar surface area (TPSA) is 60.7 Å². The van der Waals surface area contributed by atoms with Crippen molar-refractivity contribution < 1.29 is 34.2 Å². The number of hydrogen-bond acceptors (Lipinski definition) is 3. The average Bonchev–Trinajstić information content (AvgIpc) is 0.722. The summed E-state index contributed by atoms with van der Waals surface area (Å²) in [6, 6.07) is 0. The van der Waals surface area contributed by atoms with Crippen LogP contribution in [-0.4, -0.2) is 14.7 Å².